The molecule has 158 valence electrons. The monoisotopic (exact) mass is 507 g/mol. The Labute approximate surface area is 193 Å². The number of ether oxygens (including phenoxy) is 1. The lowest BCUT2D eigenvalue weighted by Gasteiger charge is -2.04. The van der Waals surface area contributed by atoms with E-state index in [-0.39, 0.29) is 5.56 Å². The van der Waals surface area contributed by atoms with Gasteiger partial charge in [-0.2, -0.15) is 9.50 Å². The van der Waals surface area contributed by atoms with Gasteiger partial charge in [-0.05, 0) is 36.4 Å². The summed E-state index contributed by atoms with van der Waals surface area (Å²) >= 11 is 4.62. The zero-order valence-corrected chi connectivity index (χ0v) is 19.0. The Morgan fingerprint density at radius 3 is 2.66 bits per heavy atom. The van der Waals surface area contributed by atoms with Crippen LogP contribution < -0.4 is 14.8 Å². The molecule has 0 aliphatic rings. The lowest BCUT2D eigenvalue weighted by Crippen LogP contribution is -2.23. The molecular weight excluding hydrogens is 494 g/mol. The molecule has 2 aromatic carbocycles. The van der Waals surface area contributed by atoms with Crippen molar-refractivity contribution in [2.75, 3.05) is 0 Å². The van der Waals surface area contributed by atoms with Crippen molar-refractivity contribution in [3.63, 3.8) is 0 Å². The molecule has 3 aromatic heterocycles. The molecule has 0 aliphatic carbocycles. The summed E-state index contributed by atoms with van der Waals surface area (Å²) in [6.45, 7) is 1.32. The number of thiazole rings is 1. The van der Waals surface area contributed by atoms with Crippen LogP contribution in [0.2, 0.25) is 0 Å². The molecule has 9 heteroatoms. The number of esters is 1. The van der Waals surface area contributed by atoms with Crippen LogP contribution in [0.3, 0.4) is 0 Å². The first-order valence-electron chi connectivity index (χ1n) is 9.53. The molecule has 0 bridgehead atoms. The quantitative estimate of drug-likeness (QED) is 0.266. The van der Waals surface area contributed by atoms with Gasteiger partial charge in [0.2, 0.25) is 4.96 Å². The summed E-state index contributed by atoms with van der Waals surface area (Å²) in [5, 5.41) is 4.33. The van der Waals surface area contributed by atoms with Gasteiger partial charge in [0.15, 0.2) is 5.82 Å². The van der Waals surface area contributed by atoms with Crippen molar-refractivity contribution < 1.29 is 13.9 Å². The van der Waals surface area contributed by atoms with Crippen LogP contribution in [0.25, 0.3) is 33.7 Å². The fraction of sp³-hybridized carbons (Fsp3) is 0.0435. The van der Waals surface area contributed by atoms with Gasteiger partial charge in [-0.1, -0.05) is 51.5 Å². The van der Waals surface area contributed by atoms with Gasteiger partial charge in [-0.3, -0.25) is 9.59 Å². The lowest BCUT2D eigenvalue weighted by molar-refractivity contribution is -0.131. The average Bonchev–Trinajstić information content (AvgIpc) is 3.46. The van der Waals surface area contributed by atoms with Crippen molar-refractivity contribution in [3.8, 4) is 28.5 Å². The smallest absolute Gasteiger partial charge is 0.308 e. The van der Waals surface area contributed by atoms with E-state index < -0.39 is 5.97 Å². The van der Waals surface area contributed by atoms with Gasteiger partial charge >= 0.3 is 5.97 Å². The Morgan fingerprint density at radius 2 is 1.91 bits per heavy atom. The molecule has 7 nitrogen and oxygen atoms in total. The van der Waals surface area contributed by atoms with Crippen LogP contribution in [-0.2, 0) is 4.79 Å². The van der Waals surface area contributed by atoms with E-state index in [1.165, 1.54) is 22.8 Å². The second-order valence-corrected chi connectivity index (χ2v) is 8.77. The van der Waals surface area contributed by atoms with E-state index in [2.05, 4.69) is 26.0 Å². The maximum atomic E-state index is 12.9. The van der Waals surface area contributed by atoms with E-state index in [0.29, 0.717) is 38.2 Å². The number of hydrogen-bond acceptors (Lipinski definition) is 7. The summed E-state index contributed by atoms with van der Waals surface area (Å²) in [6, 6.07) is 18.4. The predicted molar refractivity (Wildman–Crippen MR) is 125 cm³/mol. The van der Waals surface area contributed by atoms with E-state index in [1.807, 2.05) is 36.4 Å². The van der Waals surface area contributed by atoms with Crippen molar-refractivity contribution >= 4 is 44.3 Å². The highest BCUT2D eigenvalue weighted by Gasteiger charge is 2.16. The van der Waals surface area contributed by atoms with Crippen LogP contribution in [0.4, 0.5) is 0 Å². The molecule has 0 N–H and O–H groups in total. The fourth-order valence-electron chi connectivity index (χ4n) is 3.17. The van der Waals surface area contributed by atoms with Crippen LogP contribution in [0.1, 0.15) is 12.7 Å². The molecule has 0 fully saturated rings. The normalized spacial score (nSPS) is 11.9. The Morgan fingerprint density at radius 1 is 1.12 bits per heavy atom. The third-order valence-corrected chi connectivity index (χ3v) is 6.08. The highest BCUT2D eigenvalue weighted by molar-refractivity contribution is 9.10. The highest BCUT2D eigenvalue weighted by atomic mass is 79.9. The third-order valence-electron chi connectivity index (χ3n) is 4.59. The van der Waals surface area contributed by atoms with Crippen molar-refractivity contribution in [2.24, 2.45) is 0 Å². The maximum absolute atomic E-state index is 12.9. The molecule has 0 radical (unpaired) electrons. The Bertz CT molecular complexity index is 1570. The zero-order valence-electron chi connectivity index (χ0n) is 16.6. The summed E-state index contributed by atoms with van der Waals surface area (Å²) in [4.78, 5) is 29.1. The van der Waals surface area contributed by atoms with Crippen molar-refractivity contribution in [1.29, 1.82) is 0 Å². The molecule has 0 amide bonds. The Hall–Kier alpha value is -3.56. The second-order valence-electron chi connectivity index (χ2n) is 6.84. The van der Waals surface area contributed by atoms with Crippen molar-refractivity contribution in [1.82, 2.24) is 14.6 Å². The molecule has 5 aromatic rings. The summed E-state index contributed by atoms with van der Waals surface area (Å²) in [5.74, 6) is 1.48. The molecular formula is C23H14BrN3O4S. The number of aromatic nitrogens is 3. The number of benzene rings is 2. The third kappa shape index (κ3) is 3.88. The SMILES string of the molecule is CC(=O)Oc1ccccc1-c1nc2s/c(=C\c3ccc(-c4ccc(Br)cc4)o3)c(=O)n2n1. The van der Waals surface area contributed by atoms with Gasteiger partial charge in [-0.15, -0.1) is 5.10 Å². The standard InChI is InChI=1S/C23H14BrN3O4S/c1-13(28)30-19-5-3-2-4-17(19)21-25-23-27(26-21)22(29)20(32-23)12-16-10-11-18(31-16)14-6-8-15(24)9-7-14/h2-12H,1H3/b20-12-. The van der Waals surface area contributed by atoms with Gasteiger partial charge in [0.1, 0.15) is 21.8 Å². The van der Waals surface area contributed by atoms with Gasteiger partial charge in [0, 0.05) is 23.0 Å². The predicted octanol–water partition coefficient (Wildman–Crippen LogP) is 4.31. The van der Waals surface area contributed by atoms with Crippen LogP contribution in [0.15, 0.2) is 74.3 Å². The number of rotatable bonds is 4. The molecule has 32 heavy (non-hydrogen) atoms. The van der Waals surface area contributed by atoms with Crippen molar-refractivity contribution in [2.45, 2.75) is 6.92 Å². The van der Waals surface area contributed by atoms with Crippen LogP contribution in [0.5, 0.6) is 5.75 Å². The number of furan rings is 1. The first-order chi connectivity index (χ1) is 15.5. The summed E-state index contributed by atoms with van der Waals surface area (Å²) in [6.07, 6.45) is 1.68. The number of carbonyl (C=O) groups is 1. The largest absolute Gasteiger partial charge is 0.457 e. The van der Waals surface area contributed by atoms with E-state index in [4.69, 9.17) is 9.15 Å². The van der Waals surface area contributed by atoms with Gasteiger partial charge in [-0.25, -0.2) is 0 Å². The number of fused-ring (bicyclic) bond motifs is 1. The van der Waals surface area contributed by atoms with E-state index in [0.717, 1.165) is 10.0 Å². The molecule has 0 saturated heterocycles. The minimum absolute atomic E-state index is 0.296. The first-order valence-corrected chi connectivity index (χ1v) is 11.1. The van der Waals surface area contributed by atoms with E-state index in [1.54, 1.807) is 30.3 Å². The van der Waals surface area contributed by atoms with E-state index in [9.17, 15) is 9.59 Å². The summed E-state index contributed by atoms with van der Waals surface area (Å²) in [7, 11) is 0. The van der Waals surface area contributed by atoms with Crippen LogP contribution in [0, 0.1) is 0 Å². The van der Waals surface area contributed by atoms with Gasteiger partial charge in [0.05, 0.1) is 5.56 Å². The summed E-state index contributed by atoms with van der Waals surface area (Å²) in [5.41, 5.74) is 1.18. The number of para-hydroxylation sites is 1. The molecule has 5 rings (SSSR count). The zero-order chi connectivity index (χ0) is 22.2. The molecule has 0 atom stereocenters. The number of carbonyl (C=O) groups excluding carboxylic acids is 1. The summed E-state index contributed by atoms with van der Waals surface area (Å²) < 4.78 is 13.8. The highest BCUT2D eigenvalue weighted by Crippen LogP contribution is 2.28. The number of nitrogens with zero attached hydrogens (tertiary/aromatic N) is 3. The minimum atomic E-state index is -0.444. The van der Waals surface area contributed by atoms with E-state index >= 15 is 0 Å². The van der Waals surface area contributed by atoms with Crippen LogP contribution in [-0.4, -0.2) is 20.6 Å². The lowest BCUT2D eigenvalue weighted by atomic mass is 10.2. The minimum Gasteiger partial charge on any atom is -0.457 e. The fourth-order valence-corrected chi connectivity index (χ4v) is 4.32. The molecule has 0 spiro atoms. The molecule has 0 aliphatic heterocycles. The van der Waals surface area contributed by atoms with Gasteiger partial charge in [0.25, 0.3) is 5.56 Å². The molecule has 0 saturated carbocycles. The van der Waals surface area contributed by atoms with Gasteiger partial charge < -0.3 is 9.15 Å². The first kappa shape index (κ1) is 20.3. The maximum Gasteiger partial charge on any atom is 0.308 e. The number of halogens is 1. The Balaban J connectivity index is 1.50. The van der Waals surface area contributed by atoms with Crippen molar-refractivity contribution in [3.05, 3.63) is 85.8 Å². The molecule has 0 unspecified atom stereocenters. The van der Waals surface area contributed by atoms with Crippen LogP contribution >= 0.6 is 27.3 Å². The Kier molecular flexibility index (Phi) is 5.20. The second kappa shape index (κ2) is 8.18. The molecule has 3 heterocycles. The average molecular weight is 508 g/mol. The topological polar surface area (TPSA) is 86.7 Å². The number of hydrogen-bond donors (Lipinski definition) is 0.